The van der Waals surface area contributed by atoms with Gasteiger partial charge in [0.25, 0.3) is 5.91 Å². The molecule has 0 radical (unpaired) electrons. The van der Waals surface area contributed by atoms with E-state index in [1.165, 1.54) is 5.56 Å². The van der Waals surface area contributed by atoms with E-state index in [-0.39, 0.29) is 5.91 Å². The van der Waals surface area contributed by atoms with Crippen LogP contribution in [-0.4, -0.2) is 26.6 Å². The number of aryl methyl sites for hydroxylation is 1. The number of methoxy groups -OCH3 is 1. The molecule has 0 bridgehead atoms. The molecule has 0 saturated carbocycles. The zero-order chi connectivity index (χ0) is 17.5. The molecule has 2 aromatic rings. The molecule has 0 spiro atoms. The summed E-state index contributed by atoms with van der Waals surface area (Å²) < 4.78 is 6.40. The van der Waals surface area contributed by atoms with Crippen LogP contribution >= 0.6 is 15.9 Å². The molecule has 2 aromatic carbocycles. The van der Waals surface area contributed by atoms with Gasteiger partial charge in [0, 0.05) is 15.7 Å². The lowest BCUT2D eigenvalue weighted by molar-refractivity contribution is -0.885. The zero-order valence-electron chi connectivity index (χ0n) is 14.4. The highest BCUT2D eigenvalue weighted by atomic mass is 79.9. The summed E-state index contributed by atoms with van der Waals surface area (Å²) in [4.78, 5) is 13.4. The van der Waals surface area contributed by atoms with Crippen molar-refractivity contribution in [2.24, 2.45) is 0 Å². The van der Waals surface area contributed by atoms with E-state index in [0.29, 0.717) is 13.1 Å². The van der Waals surface area contributed by atoms with E-state index in [4.69, 9.17) is 4.74 Å². The van der Waals surface area contributed by atoms with Crippen molar-refractivity contribution in [3.8, 4) is 5.75 Å². The summed E-state index contributed by atoms with van der Waals surface area (Å²) in [5, 5.41) is 2.97. The maximum atomic E-state index is 12.3. The van der Waals surface area contributed by atoms with Gasteiger partial charge in [-0.1, -0.05) is 35.0 Å². The first kappa shape index (κ1) is 18.5. The number of benzene rings is 2. The molecule has 2 rings (SSSR count). The van der Waals surface area contributed by atoms with Gasteiger partial charge in [-0.3, -0.25) is 4.79 Å². The quantitative estimate of drug-likeness (QED) is 0.761. The summed E-state index contributed by atoms with van der Waals surface area (Å²) >= 11 is 3.48. The lowest BCUT2D eigenvalue weighted by Crippen LogP contribution is -3.08. The fraction of sp³-hybridized carbons (Fsp3) is 0.316. The van der Waals surface area contributed by atoms with Crippen LogP contribution in [0.3, 0.4) is 0 Å². The number of carbonyl (C=O) groups is 1. The minimum absolute atomic E-state index is 0.00900. The highest BCUT2D eigenvalue weighted by molar-refractivity contribution is 9.10. The van der Waals surface area contributed by atoms with E-state index in [9.17, 15) is 4.79 Å². The first-order chi connectivity index (χ1) is 11.5. The van der Waals surface area contributed by atoms with Gasteiger partial charge in [-0.25, -0.2) is 0 Å². The second-order valence-corrected chi connectivity index (χ2v) is 6.78. The summed E-state index contributed by atoms with van der Waals surface area (Å²) in [5.41, 5.74) is 3.14. The Labute approximate surface area is 151 Å². The lowest BCUT2D eigenvalue weighted by Gasteiger charge is -2.16. The van der Waals surface area contributed by atoms with Gasteiger partial charge in [0.05, 0.1) is 14.2 Å². The largest absolute Gasteiger partial charge is 0.496 e. The number of ether oxygens (including phenoxy) is 1. The first-order valence-electron chi connectivity index (χ1n) is 8.04. The second-order valence-electron chi connectivity index (χ2n) is 5.87. The van der Waals surface area contributed by atoms with Gasteiger partial charge in [0.1, 0.15) is 12.3 Å². The van der Waals surface area contributed by atoms with Crippen molar-refractivity contribution in [1.82, 2.24) is 0 Å². The van der Waals surface area contributed by atoms with Crippen LogP contribution in [0.2, 0.25) is 0 Å². The fourth-order valence-corrected chi connectivity index (χ4v) is 3.03. The number of halogens is 1. The predicted molar refractivity (Wildman–Crippen MR) is 101 cm³/mol. The van der Waals surface area contributed by atoms with Crippen molar-refractivity contribution >= 4 is 27.5 Å². The number of rotatable bonds is 7. The number of likely N-dealkylation sites (N-methyl/N-ethyl adjacent to an activating group) is 1. The molecule has 0 aliphatic rings. The van der Waals surface area contributed by atoms with E-state index < -0.39 is 0 Å². The van der Waals surface area contributed by atoms with Crippen LogP contribution < -0.4 is 15.0 Å². The number of carbonyl (C=O) groups excluding carboxylic acids is 1. The van der Waals surface area contributed by atoms with Crippen LogP contribution in [0.15, 0.2) is 46.9 Å². The number of amides is 1. The Morgan fingerprint density at radius 2 is 2.04 bits per heavy atom. The van der Waals surface area contributed by atoms with Crippen molar-refractivity contribution in [3.63, 3.8) is 0 Å². The topological polar surface area (TPSA) is 42.8 Å². The molecule has 1 amide bonds. The number of anilines is 1. The first-order valence-corrected chi connectivity index (χ1v) is 8.83. The highest BCUT2D eigenvalue weighted by Gasteiger charge is 2.14. The van der Waals surface area contributed by atoms with Crippen LogP contribution in [0.4, 0.5) is 5.69 Å². The summed E-state index contributed by atoms with van der Waals surface area (Å²) in [6, 6.07) is 13.9. The molecule has 4 nitrogen and oxygen atoms in total. The molecule has 2 N–H and O–H groups in total. The molecule has 0 heterocycles. The van der Waals surface area contributed by atoms with Gasteiger partial charge < -0.3 is 15.0 Å². The van der Waals surface area contributed by atoms with Gasteiger partial charge in [-0.05, 0) is 42.3 Å². The van der Waals surface area contributed by atoms with Crippen LogP contribution in [0, 0.1) is 0 Å². The van der Waals surface area contributed by atoms with Crippen molar-refractivity contribution < 1.29 is 14.4 Å². The van der Waals surface area contributed by atoms with E-state index in [1.54, 1.807) is 7.11 Å². The summed E-state index contributed by atoms with van der Waals surface area (Å²) in [5.74, 6) is 0.850. The number of hydrogen-bond acceptors (Lipinski definition) is 2. The molecule has 24 heavy (non-hydrogen) atoms. The highest BCUT2D eigenvalue weighted by Crippen LogP contribution is 2.22. The maximum absolute atomic E-state index is 12.3. The van der Waals surface area contributed by atoms with Gasteiger partial charge in [0.15, 0.2) is 6.54 Å². The van der Waals surface area contributed by atoms with E-state index in [1.807, 2.05) is 43.4 Å². The van der Waals surface area contributed by atoms with Crippen molar-refractivity contribution in [1.29, 1.82) is 0 Å². The molecule has 1 unspecified atom stereocenters. The molecule has 5 heteroatoms. The minimum Gasteiger partial charge on any atom is -0.496 e. The monoisotopic (exact) mass is 391 g/mol. The Morgan fingerprint density at radius 3 is 2.75 bits per heavy atom. The third-order valence-electron chi connectivity index (χ3n) is 3.82. The Hall–Kier alpha value is -1.85. The molecule has 0 aromatic heterocycles. The molecular weight excluding hydrogens is 368 g/mol. The van der Waals surface area contributed by atoms with E-state index in [0.717, 1.165) is 32.8 Å². The molecule has 1 atom stereocenters. The van der Waals surface area contributed by atoms with Crippen molar-refractivity contribution in [2.75, 3.05) is 26.0 Å². The second kappa shape index (κ2) is 8.85. The van der Waals surface area contributed by atoms with E-state index >= 15 is 0 Å². The van der Waals surface area contributed by atoms with Crippen molar-refractivity contribution in [3.05, 3.63) is 58.1 Å². The van der Waals surface area contributed by atoms with Gasteiger partial charge in [-0.2, -0.15) is 0 Å². The maximum Gasteiger partial charge on any atom is 0.279 e. The smallest absolute Gasteiger partial charge is 0.279 e. The third kappa shape index (κ3) is 5.35. The van der Waals surface area contributed by atoms with Gasteiger partial charge in [0.2, 0.25) is 0 Å². The number of nitrogens with one attached hydrogen (secondary N) is 2. The SMILES string of the molecule is CCc1cccc(NC(=O)C[NH+](C)Cc2cc(Br)ccc2OC)c1. The Bertz CT molecular complexity index is 704. The van der Waals surface area contributed by atoms with Crippen LogP contribution in [0.5, 0.6) is 5.75 Å². The van der Waals surface area contributed by atoms with Crippen LogP contribution in [-0.2, 0) is 17.8 Å². The number of hydrogen-bond donors (Lipinski definition) is 2. The Kier molecular flexibility index (Phi) is 6.82. The molecule has 128 valence electrons. The van der Waals surface area contributed by atoms with Crippen molar-refractivity contribution in [2.45, 2.75) is 19.9 Å². The number of quaternary nitrogens is 1. The Morgan fingerprint density at radius 1 is 1.25 bits per heavy atom. The average molecular weight is 392 g/mol. The lowest BCUT2D eigenvalue weighted by atomic mass is 10.1. The third-order valence-corrected chi connectivity index (χ3v) is 4.31. The standard InChI is InChI=1S/C19H23BrN2O2/c1-4-14-6-5-7-17(10-14)21-19(23)13-22(2)12-15-11-16(20)8-9-18(15)24-3/h5-11H,4,12-13H2,1-3H3,(H,21,23)/p+1. The minimum atomic E-state index is 0.00900. The van der Waals surface area contributed by atoms with E-state index in [2.05, 4.69) is 34.2 Å². The molecule has 0 aliphatic heterocycles. The molecule has 0 saturated heterocycles. The molecular formula is C19H24BrN2O2+. The average Bonchev–Trinajstić information content (AvgIpc) is 2.55. The van der Waals surface area contributed by atoms with Gasteiger partial charge >= 0.3 is 0 Å². The summed E-state index contributed by atoms with van der Waals surface area (Å²) in [6.45, 7) is 3.21. The molecule has 0 fully saturated rings. The zero-order valence-corrected chi connectivity index (χ0v) is 15.9. The predicted octanol–water partition coefficient (Wildman–Crippen LogP) is 2.67. The fourth-order valence-electron chi connectivity index (χ4n) is 2.62. The summed E-state index contributed by atoms with van der Waals surface area (Å²) in [7, 11) is 3.66. The Balaban J connectivity index is 1.95. The normalized spacial score (nSPS) is 11.8. The van der Waals surface area contributed by atoms with Crippen LogP contribution in [0.25, 0.3) is 0 Å². The van der Waals surface area contributed by atoms with Crippen LogP contribution in [0.1, 0.15) is 18.1 Å². The summed E-state index contributed by atoms with van der Waals surface area (Å²) in [6.07, 6.45) is 0.956. The van der Waals surface area contributed by atoms with Gasteiger partial charge in [-0.15, -0.1) is 0 Å². The molecule has 0 aliphatic carbocycles.